The lowest BCUT2D eigenvalue weighted by atomic mass is 9.56. The van der Waals surface area contributed by atoms with E-state index in [4.69, 9.17) is 0 Å². The van der Waals surface area contributed by atoms with Gasteiger partial charge in [-0.2, -0.15) is 0 Å². The van der Waals surface area contributed by atoms with E-state index in [1.165, 1.54) is 38.4 Å². The summed E-state index contributed by atoms with van der Waals surface area (Å²) in [6, 6.07) is 0. The van der Waals surface area contributed by atoms with Crippen LogP contribution >= 0.6 is 0 Å². The fraction of sp³-hybridized carbons (Fsp3) is 0.947. The molecule has 1 unspecified atom stereocenters. The van der Waals surface area contributed by atoms with E-state index >= 15 is 0 Å². The number of rotatable bonds is 9. The average molecular weight is 283 g/mol. The van der Waals surface area contributed by atoms with Gasteiger partial charge in [-0.05, 0) is 41.9 Å². The van der Waals surface area contributed by atoms with Crippen molar-refractivity contribution in [3.05, 3.63) is 0 Å². The van der Waals surface area contributed by atoms with Crippen LogP contribution in [0.4, 0.5) is 0 Å². The SMILES string of the molecule is CCC(C)(CC)C(CC)(CC)CCC(C=O)C(C)(C)C. The summed E-state index contributed by atoms with van der Waals surface area (Å²) >= 11 is 0. The van der Waals surface area contributed by atoms with Crippen molar-refractivity contribution >= 4 is 6.29 Å². The van der Waals surface area contributed by atoms with Gasteiger partial charge >= 0.3 is 0 Å². The molecule has 0 aromatic rings. The molecule has 0 radical (unpaired) electrons. The second-order valence-electron chi connectivity index (χ2n) is 7.90. The van der Waals surface area contributed by atoms with E-state index in [0.29, 0.717) is 10.8 Å². The molecule has 0 saturated heterocycles. The monoisotopic (exact) mass is 282 g/mol. The van der Waals surface area contributed by atoms with Crippen LogP contribution in [-0.2, 0) is 4.79 Å². The molecular formula is C19H38O. The van der Waals surface area contributed by atoms with Crippen LogP contribution in [0.15, 0.2) is 0 Å². The van der Waals surface area contributed by atoms with Gasteiger partial charge in [0.15, 0.2) is 0 Å². The van der Waals surface area contributed by atoms with E-state index in [2.05, 4.69) is 55.4 Å². The minimum absolute atomic E-state index is 0.0871. The summed E-state index contributed by atoms with van der Waals surface area (Å²) in [5, 5.41) is 0. The van der Waals surface area contributed by atoms with Crippen LogP contribution in [0, 0.1) is 22.2 Å². The Balaban J connectivity index is 5.18. The molecule has 0 saturated carbocycles. The fourth-order valence-corrected chi connectivity index (χ4v) is 3.90. The minimum Gasteiger partial charge on any atom is -0.303 e. The summed E-state index contributed by atoms with van der Waals surface area (Å²) < 4.78 is 0. The number of carbonyl (C=O) groups excluding carboxylic acids is 1. The molecule has 1 atom stereocenters. The molecule has 120 valence electrons. The highest BCUT2D eigenvalue weighted by Gasteiger charge is 2.43. The highest BCUT2D eigenvalue weighted by molar-refractivity contribution is 5.54. The maximum absolute atomic E-state index is 11.4. The standard InChI is InChI=1S/C19H38O/c1-9-18(8,10-2)19(11-3,12-4)14-13-16(15-20)17(5,6)7/h15-16H,9-14H2,1-8H3. The fourth-order valence-electron chi connectivity index (χ4n) is 3.90. The third kappa shape index (κ3) is 4.09. The lowest BCUT2D eigenvalue weighted by Gasteiger charge is -2.49. The van der Waals surface area contributed by atoms with Gasteiger partial charge in [0.05, 0.1) is 0 Å². The second kappa shape index (κ2) is 7.61. The summed E-state index contributed by atoms with van der Waals surface area (Å²) in [5.74, 6) is 0.179. The van der Waals surface area contributed by atoms with Crippen LogP contribution in [-0.4, -0.2) is 6.29 Å². The van der Waals surface area contributed by atoms with E-state index in [9.17, 15) is 4.79 Å². The first-order valence-electron chi connectivity index (χ1n) is 8.61. The molecule has 0 aliphatic carbocycles. The Labute approximate surface area is 127 Å². The van der Waals surface area contributed by atoms with E-state index < -0.39 is 0 Å². The molecule has 1 heteroatoms. The zero-order valence-corrected chi connectivity index (χ0v) is 15.3. The van der Waals surface area contributed by atoms with Crippen LogP contribution in [0.25, 0.3) is 0 Å². The molecule has 20 heavy (non-hydrogen) atoms. The molecule has 0 aliphatic heterocycles. The molecule has 0 heterocycles. The Hall–Kier alpha value is -0.330. The molecule has 0 amide bonds. The second-order valence-corrected chi connectivity index (χ2v) is 7.90. The molecule has 0 fully saturated rings. The number of hydrogen-bond acceptors (Lipinski definition) is 1. The van der Waals surface area contributed by atoms with E-state index in [1.807, 2.05) is 0 Å². The van der Waals surface area contributed by atoms with Crippen LogP contribution in [0.3, 0.4) is 0 Å². The van der Waals surface area contributed by atoms with Crippen molar-refractivity contribution in [3.63, 3.8) is 0 Å². The molecule has 0 aromatic heterocycles. The lowest BCUT2D eigenvalue weighted by Crippen LogP contribution is -2.39. The van der Waals surface area contributed by atoms with Crippen molar-refractivity contribution in [1.82, 2.24) is 0 Å². The first-order chi connectivity index (χ1) is 9.16. The Kier molecular flexibility index (Phi) is 7.49. The van der Waals surface area contributed by atoms with Crippen molar-refractivity contribution in [2.24, 2.45) is 22.2 Å². The maximum atomic E-state index is 11.4. The van der Waals surface area contributed by atoms with Gasteiger partial charge in [0.2, 0.25) is 0 Å². The van der Waals surface area contributed by atoms with Crippen LogP contribution in [0.1, 0.15) is 93.9 Å². The average Bonchev–Trinajstić information content (AvgIpc) is 2.42. The Bertz CT molecular complexity index is 277. The molecule has 0 rings (SSSR count). The van der Waals surface area contributed by atoms with Gasteiger partial charge in [-0.3, -0.25) is 0 Å². The number of hydrogen-bond donors (Lipinski definition) is 0. The highest BCUT2D eigenvalue weighted by atomic mass is 16.1. The zero-order valence-electron chi connectivity index (χ0n) is 15.3. The van der Waals surface area contributed by atoms with Crippen molar-refractivity contribution in [1.29, 1.82) is 0 Å². The molecular weight excluding hydrogens is 244 g/mol. The Morgan fingerprint density at radius 3 is 1.55 bits per heavy atom. The van der Waals surface area contributed by atoms with Crippen LogP contribution in [0.2, 0.25) is 0 Å². The van der Waals surface area contributed by atoms with Crippen LogP contribution < -0.4 is 0 Å². The summed E-state index contributed by atoms with van der Waals surface area (Å²) in [4.78, 5) is 11.4. The Morgan fingerprint density at radius 1 is 0.850 bits per heavy atom. The largest absolute Gasteiger partial charge is 0.303 e. The summed E-state index contributed by atoms with van der Waals surface area (Å²) in [5.41, 5.74) is 0.856. The zero-order chi connectivity index (χ0) is 16.0. The van der Waals surface area contributed by atoms with Crippen molar-refractivity contribution in [3.8, 4) is 0 Å². The first kappa shape index (κ1) is 19.7. The number of carbonyl (C=O) groups is 1. The predicted octanol–water partition coefficient (Wildman–Crippen LogP) is 6.26. The van der Waals surface area contributed by atoms with E-state index in [-0.39, 0.29) is 11.3 Å². The third-order valence-corrected chi connectivity index (χ3v) is 6.41. The van der Waals surface area contributed by atoms with E-state index in [0.717, 1.165) is 6.42 Å². The first-order valence-corrected chi connectivity index (χ1v) is 8.61. The summed E-state index contributed by atoms with van der Waals surface area (Å²) in [6.07, 6.45) is 8.29. The molecule has 0 N–H and O–H groups in total. The van der Waals surface area contributed by atoms with Crippen molar-refractivity contribution in [2.45, 2.75) is 93.9 Å². The summed E-state index contributed by atoms with van der Waals surface area (Å²) in [6.45, 7) is 18.3. The van der Waals surface area contributed by atoms with Gasteiger partial charge in [-0.15, -0.1) is 0 Å². The number of aldehydes is 1. The van der Waals surface area contributed by atoms with Gasteiger partial charge in [0, 0.05) is 5.92 Å². The molecule has 0 spiro atoms. The predicted molar refractivity (Wildman–Crippen MR) is 89.9 cm³/mol. The molecule has 0 aliphatic rings. The van der Waals surface area contributed by atoms with E-state index in [1.54, 1.807) is 0 Å². The van der Waals surface area contributed by atoms with Crippen LogP contribution in [0.5, 0.6) is 0 Å². The van der Waals surface area contributed by atoms with Gasteiger partial charge in [0.25, 0.3) is 0 Å². The van der Waals surface area contributed by atoms with Gasteiger partial charge in [-0.25, -0.2) is 0 Å². The molecule has 0 aromatic carbocycles. The third-order valence-electron chi connectivity index (χ3n) is 6.41. The summed E-state index contributed by atoms with van der Waals surface area (Å²) in [7, 11) is 0. The smallest absolute Gasteiger partial charge is 0.123 e. The lowest BCUT2D eigenvalue weighted by molar-refractivity contribution is -0.114. The molecule has 0 bridgehead atoms. The normalized spacial score (nSPS) is 15.2. The highest BCUT2D eigenvalue weighted by Crippen LogP contribution is 2.53. The minimum atomic E-state index is 0.0871. The van der Waals surface area contributed by atoms with Crippen molar-refractivity contribution in [2.75, 3.05) is 0 Å². The molecule has 1 nitrogen and oxygen atoms in total. The van der Waals surface area contributed by atoms with Gasteiger partial charge < -0.3 is 4.79 Å². The maximum Gasteiger partial charge on any atom is 0.123 e. The van der Waals surface area contributed by atoms with Crippen molar-refractivity contribution < 1.29 is 4.79 Å². The quantitative estimate of drug-likeness (QED) is 0.456. The van der Waals surface area contributed by atoms with Gasteiger partial charge in [-0.1, -0.05) is 68.2 Å². The topological polar surface area (TPSA) is 17.1 Å². The van der Waals surface area contributed by atoms with Gasteiger partial charge in [0.1, 0.15) is 6.29 Å². The Morgan fingerprint density at radius 2 is 1.30 bits per heavy atom.